The van der Waals surface area contributed by atoms with Crippen LogP contribution in [0.5, 0.6) is 5.88 Å². The van der Waals surface area contributed by atoms with Crippen molar-refractivity contribution in [3.05, 3.63) is 36.0 Å². The molecular formula is C13H19N5O. The standard InChI is InChI=1S/C13H19N5O/c1-4-14-12(13-15-8-9-18(13)5-2)10-6-7-11(19-3)17-16-10/h6-9,12,14H,4-5H2,1-3H3. The van der Waals surface area contributed by atoms with Crippen LogP contribution >= 0.6 is 0 Å². The Labute approximate surface area is 112 Å². The highest BCUT2D eigenvalue weighted by Crippen LogP contribution is 2.19. The van der Waals surface area contributed by atoms with Gasteiger partial charge in [-0.3, -0.25) is 0 Å². The van der Waals surface area contributed by atoms with E-state index in [4.69, 9.17) is 4.74 Å². The number of nitrogens with one attached hydrogen (secondary N) is 1. The van der Waals surface area contributed by atoms with E-state index in [-0.39, 0.29) is 6.04 Å². The van der Waals surface area contributed by atoms with E-state index in [2.05, 4.69) is 38.9 Å². The third kappa shape index (κ3) is 2.90. The van der Waals surface area contributed by atoms with Gasteiger partial charge in [-0.2, -0.15) is 0 Å². The first-order valence-corrected chi connectivity index (χ1v) is 6.42. The molecule has 2 rings (SSSR count). The van der Waals surface area contributed by atoms with Gasteiger partial charge in [-0.1, -0.05) is 6.92 Å². The Morgan fingerprint density at radius 2 is 2.16 bits per heavy atom. The summed E-state index contributed by atoms with van der Waals surface area (Å²) >= 11 is 0. The highest BCUT2D eigenvalue weighted by molar-refractivity contribution is 5.20. The predicted octanol–water partition coefficient (Wildman–Crippen LogP) is 1.40. The number of methoxy groups -OCH3 is 1. The average Bonchev–Trinajstić information content (AvgIpc) is 2.93. The van der Waals surface area contributed by atoms with Crippen LogP contribution in [0, 0.1) is 0 Å². The van der Waals surface area contributed by atoms with Crippen LogP contribution in [-0.2, 0) is 6.54 Å². The quantitative estimate of drug-likeness (QED) is 0.851. The molecule has 2 heterocycles. The largest absolute Gasteiger partial charge is 0.480 e. The lowest BCUT2D eigenvalue weighted by Crippen LogP contribution is -2.26. The molecule has 0 aliphatic rings. The molecule has 6 heteroatoms. The second-order valence-electron chi connectivity index (χ2n) is 4.06. The van der Waals surface area contributed by atoms with Crippen LogP contribution in [0.25, 0.3) is 0 Å². The molecule has 0 aliphatic carbocycles. The fourth-order valence-corrected chi connectivity index (χ4v) is 1.97. The Bertz CT molecular complexity index is 508. The first-order valence-electron chi connectivity index (χ1n) is 6.42. The minimum absolute atomic E-state index is 0.0571. The summed E-state index contributed by atoms with van der Waals surface area (Å²) in [5, 5.41) is 11.6. The molecule has 0 radical (unpaired) electrons. The van der Waals surface area contributed by atoms with Gasteiger partial charge in [-0.15, -0.1) is 10.2 Å². The molecule has 0 saturated heterocycles. The Hall–Kier alpha value is -1.95. The lowest BCUT2D eigenvalue weighted by Gasteiger charge is -2.17. The summed E-state index contributed by atoms with van der Waals surface area (Å²) < 4.78 is 7.13. The van der Waals surface area contributed by atoms with Crippen molar-refractivity contribution in [2.75, 3.05) is 13.7 Å². The van der Waals surface area contributed by atoms with E-state index in [0.29, 0.717) is 5.88 Å². The van der Waals surface area contributed by atoms with Crippen LogP contribution in [0.2, 0.25) is 0 Å². The molecule has 1 N–H and O–H groups in total. The second kappa shape index (κ2) is 6.29. The van der Waals surface area contributed by atoms with Crippen LogP contribution < -0.4 is 10.1 Å². The Kier molecular flexibility index (Phi) is 4.46. The fourth-order valence-electron chi connectivity index (χ4n) is 1.97. The van der Waals surface area contributed by atoms with Gasteiger partial charge >= 0.3 is 0 Å². The number of imidazole rings is 1. The van der Waals surface area contributed by atoms with Gasteiger partial charge in [0.25, 0.3) is 0 Å². The van der Waals surface area contributed by atoms with Gasteiger partial charge in [0.05, 0.1) is 12.8 Å². The van der Waals surface area contributed by atoms with Crippen molar-refractivity contribution in [2.45, 2.75) is 26.4 Å². The van der Waals surface area contributed by atoms with Crippen molar-refractivity contribution in [1.29, 1.82) is 0 Å². The topological polar surface area (TPSA) is 64.9 Å². The lowest BCUT2D eigenvalue weighted by atomic mass is 10.2. The average molecular weight is 261 g/mol. The Morgan fingerprint density at radius 1 is 1.32 bits per heavy atom. The van der Waals surface area contributed by atoms with Crippen LogP contribution in [0.15, 0.2) is 24.5 Å². The van der Waals surface area contributed by atoms with Crippen molar-refractivity contribution in [3.63, 3.8) is 0 Å². The fraction of sp³-hybridized carbons (Fsp3) is 0.462. The van der Waals surface area contributed by atoms with Crippen molar-refractivity contribution < 1.29 is 4.74 Å². The molecule has 0 bridgehead atoms. The summed E-state index contributed by atoms with van der Waals surface area (Å²) in [5.74, 6) is 1.46. The van der Waals surface area contributed by atoms with E-state index < -0.39 is 0 Å². The molecule has 6 nitrogen and oxygen atoms in total. The number of aromatic nitrogens is 4. The molecular weight excluding hydrogens is 242 g/mol. The third-order valence-corrected chi connectivity index (χ3v) is 2.92. The lowest BCUT2D eigenvalue weighted by molar-refractivity contribution is 0.389. The van der Waals surface area contributed by atoms with Gasteiger partial charge < -0.3 is 14.6 Å². The van der Waals surface area contributed by atoms with Gasteiger partial charge in [0.2, 0.25) is 5.88 Å². The molecule has 0 saturated carbocycles. The zero-order valence-corrected chi connectivity index (χ0v) is 11.5. The van der Waals surface area contributed by atoms with E-state index in [1.165, 1.54) is 0 Å². The normalized spacial score (nSPS) is 12.4. The molecule has 19 heavy (non-hydrogen) atoms. The van der Waals surface area contributed by atoms with Gasteiger partial charge in [0.1, 0.15) is 11.9 Å². The second-order valence-corrected chi connectivity index (χ2v) is 4.06. The minimum Gasteiger partial charge on any atom is -0.480 e. The molecule has 2 aromatic heterocycles. The summed E-state index contributed by atoms with van der Waals surface area (Å²) in [6.07, 6.45) is 3.77. The summed E-state index contributed by atoms with van der Waals surface area (Å²) in [6.45, 7) is 5.85. The number of hydrogen-bond acceptors (Lipinski definition) is 5. The molecule has 102 valence electrons. The highest BCUT2D eigenvalue weighted by Gasteiger charge is 2.19. The van der Waals surface area contributed by atoms with Gasteiger partial charge in [0, 0.05) is 25.0 Å². The molecule has 0 fully saturated rings. The Balaban J connectivity index is 2.33. The van der Waals surface area contributed by atoms with Crippen LogP contribution in [0.1, 0.15) is 31.4 Å². The summed E-state index contributed by atoms with van der Waals surface area (Å²) in [5.41, 5.74) is 0.837. The van der Waals surface area contributed by atoms with E-state index in [0.717, 1.165) is 24.6 Å². The number of ether oxygens (including phenoxy) is 1. The molecule has 1 atom stereocenters. The SMILES string of the molecule is CCNC(c1ccc(OC)nn1)c1nccn1CC. The number of rotatable bonds is 6. The highest BCUT2D eigenvalue weighted by atomic mass is 16.5. The molecule has 2 aromatic rings. The number of aryl methyl sites for hydroxylation is 1. The monoisotopic (exact) mass is 261 g/mol. The minimum atomic E-state index is -0.0571. The van der Waals surface area contributed by atoms with E-state index in [1.54, 1.807) is 13.3 Å². The predicted molar refractivity (Wildman–Crippen MR) is 72.0 cm³/mol. The summed E-state index contributed by atoms with van der Waals surface area (Å²) in [4.78, 5) is 4.43. The van der Waals surface area contributed by atoms with Crippen LogP contribution in [0.4, 0.5) is 0 Å². The summed E-state index contributed by atoms with van der Waals surface area (Å²) in [7, 11) is 1.58. The molecule has 0 spiro atoms. The van der Waals surface area contributed by atoms with Crippen molar-refractivity contribution in [3.8, 4) is 5.88 Å². The van der Waals surface area contributed by atoms with Crippen molar-refractivity contribution in [2.24, 2.45) is 0 Å². The molecule has 0 aliphatic heterocycles. The molecule has 0 aromatic carbocycles. The smallest absolute Gasteiger partial charge is 0.233 e. The first-order chi connectivity index (χ1) is 9.30. The van der Waals surface area contributed by atoms with E-state index in [9.17, 15) is 0 Å². The van der Waals surface area contributed by atoms with Crippen molar-refractivity contribution in [1.82, 2.24) is 25.1 Å². The maximum Gasteiger partial charge on any atom is 0.233 e. The maximum absolute atomic E-state index is 5.03. The third-order valence-electron chi connectivity index (χ3n) is 2.92. The zero-order valence-electron chi connectivity index (χ0n) is 11.5. The van der Waals surface area contributed by atoms with E-state index >= 15 is 0 Å². The van der Waals surface area contributed by atoms with Gasteiger partial charge in [0.15, 0.2) is 0 Å². The number of nitrogens with zero attached hydrogens (tertiary/aromatic N) is 4. The van der Waals surface area contributed by atoms with Crippen LogP contribution in [-0.4, -0.2) is 33.4 Å². The molecule has 1 unspecified atom stereocenters. The number of hydrogen-bond donors (Lipinski definition) is 1. The Morgan fingerprint density at radius 3 is 2.74 bits per heavy atom. The zero-order chi connectivity index (χ0) is 13.7. The van der Waals surface area contributed by atoms with Gasteiger partial charge in [-0.05, 0) is 19.5 Å². The van der Waals surface area contributed by atoms with E-state index in [1.807, 2.05) is 18.3 Å². The first kappa shape index (κ1) is 13.5. The van der Waals surface area contributed by atoms with Crippen molar-refractivity contribution >= 4 is 0 Å². The van der Waals surface area contributed by atoms with Gasteiger partial charge in [-0.25, -0.2) is 4.98 Å². The molecule has 0 amide bonds. The maximum atomic E-state index is 5.03. The van der Waals surface area contributed by atoms with Crippen LogP contribution in [0.3, 0.4) is 0 Å². The summed E-state index contributed by atoms with van der Waals surface area (Å²) in [6, 6.07) is 3.66.